The van der Waals surface area contributed by atoms with Crippen molar-refractivity contribution in [3.63, 3.8) is 0 Å². The Kier molecular flexibility index (Phi) is 6.20. The summed E-state index contributed by atoms with van der Waals surface area (Å²) in [6.07, 6.45) is 2.40. The SMILES string of the molecule is CC(C)(C)C1CCC(OC(=O)OOOC(=O)c2ccccc2)CC1. The van der Waals surface area contributed by atoms with Gasteiger partial charge >= 0.3 is 12.1 Å². The largest absolute Gasteiger partial charge is 0.543 e. The number of ether oxygens (including phenoxy) is 1. The predicted octanol–water partition coefficient (Wildman–Crippen LogP) is 4.45. The van der Waals surface area contributed by atoms with Crippen molar-refractivity contribution in [2.45, 2.75) is 52.6 Å². The molecule has 0 radical (unpaired) electrons. The van der Waals surface area contributed by atoms with Crippen molar-refractivity contribution in [2.75, 3.05) is 0 Å². The Hall–Kier alpha value is -2.08. The van der Waals surface area contributed by atoms with Gasteiger partial charge in [0, 0.05) is 0 Å². The van der Waals surface area contributed by atoms with Gasteiger partial charge in [0.05, 0.1) is 10.6 Å². The van der Waals surface area contributed by atoms with Gasteiger partial charge in [-0.2, -0.15) is 0 Å². The van der Waals surface area contributed by atoms with Crippen LogP contribution < -0.4 is 0 Å². The Morgan fingerprint density at radius 1 is 0.958 bits per heavy atom. The predicted molar refractivity (Wildman–Crippen MR) is 85.7 cm³/mol. The molecular weight excluding hydrogens is 312 g/mol. The van der Waals surface area contributed by atoms with Gasteiger partial charge in [-0.25, -0.2) is 14.5 Å². The van der Waals surface area contributed by atoms with Crippen LogP contribution in [0, 0.1) is 11.3 Å². The van der Waals surface area contributed by atoms with Crippen LogP contribution in [-0.4, -0.2) is 18.2 Å². The van der Waals surface area contributed by atoms with Crippen LogP contribution in [0.3, 0.4) is 0 Å². The summed E-state index contributed by atoms with van der Waals surface area (Å²) < 4.78 is 5.16. The first kappa shape index (κ1) is 18.3. The van der Waals surface area contributed by atoms with Crippen molar-refractivity contribution in [3.8, 4) is 0 Å². The second kappa shape index (κ2) is 8.15. The Morgan fingerprint density at radius 3 is 2.17 bits per heavy atom. The molecule has 0 spiro atoms. The molecule has 0 heterocycles. The van der Waals surface area contributed by atoms with E-state index in [1.807, 2.05) is 0 Å². The number of rotatable bonds is 4. The number of carbonyl (C=O) groups excluding carboxylic acids is 2. The highest BCUT2D eigenvalue weighted by atomic mass is 17.5. The first-order chi connectivity index (χ1) is 11.4. The van der Waals surface area contributed by atoms with Crippen molar-refractivity contribution in [3.05, 3.63) is 35.9 Å². The molecule has 1 fully saturated rings. The van der Waals surface area contributed by atoms with E-state index in [4.69, 9.17) is 4.74 Å². The molecule has 0 aliphatic heterocycles. The Bertz CT molecular complexity index is 540. The van der Waals surface area contributed by atoms with Gasteiger partial charge in [0.2, 0.25) is 0 Å². The monoisotopic (exact) mass is 336 g/mol. The zero-order chi connectivity index (χ0) is 17.6. The number of benzene rings is 1. The fourth-order valence-corrected chi connectivity index (χ4v) is 2.90. The van der Waals surface area contributed by atoms with Crippen LogP contribution in [0.4, 0.5) is 4.79 Å². The van der Waals surface area contributed by atoms with E-state index in [0.29, 0.717) is 5.92 Å². The van der Waals surface area contributed by atoms with Crippen LogP contribution in [0.15, 0.2) is 30.3 Å². The summed E-state index contributed by atoms with van der Waals surface area (Å²) in [6, 6.07) is 8.23. The maximum Gasteiger partial charge on any atom is 0.543 e. The summed E-state index contributed by atoms with van der Waals surface area (Å²) in [7, 11) is 0. The topological polar surface area (TPSA) is 71.1 Å². The van der Waals surface area contributed by atoms with Crippen molar-refractivity contribution in [1.82, 2.24) is 0 Å². The van der Waals surface area contributed by atoms with E-state index in [2.05, 4.69) is 35.6 Å². The van der Waals surface area contributed by atoms with E-state index in [1.54, 1.807) is 30.3 Å². The average molecular weight is 336 g/mol. The Labute approximate surface area is 141 Å². The molecule has 0 unspecified atom stereocenters. The molecule has 2 rings (SSSR count). The van der Waals surface area contributed by atoms with Crippen molar-refractivity contribution in [2.24, 2.45) is 11.3 Å². The first-order valence-electron chi connectivity index (χ1n) is 8.17. The van der Waals surface area contributed by atoms with Crippen LogP contribution in [-0.2, 0) is 19.6 Å². The van der Waals surface area contributed by atoms with Gasteiger partial charge in [-0.05, 0) is 49.1 Å². The fourth-order valence-electron chi connectivity index (χ4n) is 2.90. The van der Waals surface area contributed by atoms with Crippen LogP contribution >= 0.6 is 0 Å². The summed E-state index contributed by atoms with van der Waals surface area (Å²) in [5, 5.41) is 4.20. The molecule has 132 valence electrons. The molecule has 0 amide bonds. The van der Waals surface area contributed by atoms with Crippen molar-refractivity contribution in [1.29, 1.82) is 0 Å². The second-order valence-electron chi connectivity index (χ2n) is 7.10. The number of hydrogen-bond donors (Lipinski definition) is 0. The minimum absolute atomic E-state index is 0.190. The van der Waals surface area contributed by atoms with Gasteiger partial charge in [-0.15, -0.1) is 0 Å². The Morgan fingerprint density at radius 2 is 1.58 bits per heavy atom. The summed E-state index contributed by atoms with van der Waals surface area (Å²) in [5.74, 6) is -0.134. The van der Waals surface area contributed by atoms with Crippen LogP contribution in [0.2, 0.25) is 0 Å². The van der Waals surface area contributed by atoms with E-state index in [1.165, 1.54) is 0 Å². The summed E-state index contributed by atoms with van der Waals surface area (Å²) in [6.45, 7) is 6.67. The van der Waals surface area contributed by atoms with Gasteiger partial charge in [0.15, 0.2) is 0 Å². The molecule has 0 N–H and O–H groups in total. The van der Waals surface area contributed by atoms with Crippen LogP contribution in [0.5, 0.6) is 0 Å². The van der Waals surface area contributed by atoms with Crippen molar-refractivity contribution < 1.29 is 29.1 Å². The van der Waals surface area contributed by atoms with Gasteiger partial charge in [-0.1, -0.05) is 39.0 Å². The average Bonchev–Trinajstić information content (AvgIpc) is 2.55. The minimum Gasteiger partial charge on any atom is -0.429 e. The molecule has 1 saturated carbocycles. The van der Waals surface area contributed by atoms with E-state index in [9.17, 15) is 9.59 Å². The maximum atomic E-state index is 11.6. The zero-order valence-electron chi connectivity index (χ0n) is 14.3. The summed E-state index contributed by atoms with van der Waals surface area (Å²) >= 11 is 0. The molecule has 1 aliphatic rings. The third-order valence-electron chi connectivity index (χ3n) is 4.38. The molecule has 6 nitrogen and oxygen atoms in total. The summed E-state index contributed by atoms with van der Waals surface area (Å²) in [4.78, 5) is 31.8. The first-order valence-corrected chi connectivity index (χ1v) is 8.17. The Balaban J connectivity index is 1.65. The van der Waals surface area contributed by atoms with Gasteiger partial charge in [-0.3, -0.25) is 4.89 Å². The van der Waals surface area contributed by atoms with Gasteiger partial charge < -0.3 is 4.74 Å². The molecule has 0 atom stereocenters. The highest BCUT2D eigenvalue weighted by Crippen LogP contribution is 2.38. The molecule has 0 saturated heterocycles. The number of carbonyl (C=O) groups is 2. The van der Waals surface area contributed by atoms with E-state index in [-0.39, 0.29) is 17.1 Å². The molecule has 6 heteroatoms. The lowest BCUT2D eigenvalue weighted by molar-refractivity contribution is -0.453. The normalized spacial score (nSPS) is 21.0. The maximum absolute atomic E-state index is 11.6. The molecule has 0 aromatic heterocycles. The van der Waals surface area contributed by atoms with E-state index >= 15 is 0 Å². The molecule has 1 aromatic carbocycles. The highest BCUT2D eigenvalue weighted by molar-refractivity contribution is 5.88. The lowest BCUT2D eigenvalue weighted by Gasteiger charge is -2.36. The zero-order valence-corrected chi connectivity index (χ0v) is 14.3. The van der Waals surface area contributed by atoms with E-state index in [0.717, 1.165) is 25.7 Å². The van der Waals surface area contributed by atoms with Crippen LogP contribution in [0.25, 0.3) is 0 Å². The minimum atomic E-state index is -1.00. The van der Waals surface area contributed by atoms with Gasteiger partial charge in [0.1, 0.15) is 6.10 Å². The lowest BCUT2D eigenvalue weighted by Crippen LogP contribution is -2.30. The van der Waals surface area contributed by atoms with Crippen molar-refractivity contribution >= 4 is 12.1 Å². The molecule has 0 bridgehead atoms. The number of hydrogen-bond acceptors (Lipinski definition) is 6. The quantitative estimate of drug-likeness (QED) is 0.459. The highest BCUT2D eigenvalue weighted by Gasteiger charge is 2.31. The van der Waals surface area contributed by atoms with Gasteiger partial charge in [0.25, 0.3) is 0 Å². The third kappa shape index (κ3) is 5.53. The molecule has 24 heavy (non-hydrogen) atoms. The van der Waals surface area contributed by atoms with E-state index < -0.39 is 12.1 Å². The summed E-state index contributed by atoms with van der Waals surface area (Å²) in [5.41, 5.74) is 0.551. The lowest BCUT2D eigenvalue weighted by atomic mass is 9.72. The molecular formula is C18H24O6. The van der Waals surface area contributed by atoms with Crippen LogP contribution in [0.1, 0.15) is 56.8 Å². The fraction of sp³-hybridized carbons (Fsp3) is 0.556. The molecule has 1 aliphatic carbocycles. The standard InChI is InChI=1S/C18H24O6/c1-18(2,3)14-9-11-15(12-10-14)21-17(20)23-24-22-16(19)13-7-5-4-6-8-13/h4-8,14-15H,9-12H2,1-3H3. The molecule has 1 aromatic rings. The smallest absolute Gasteiger partial charge is 0.429 e. The third-order valence-corrected chi connectivity index (χ3v) is 4.38. The second-order valence-corrected chi connectivity index (χ2v) is 7.10.